The zero-order valence-electron chi connectivity index (χ0n) is 16.3. The van der Waals surface area contributed by atoms with E-state index in [2.05, 4.69) is 86.0 Å². The highest BCUT2D eigenvalue weighted by molar-refractivity contribution is 5.47. The summed E-state index contributed by atoms with van der Waals surface area (Å²) in [7, 11) is 0. The third-order valence-corrected chi connectivity index (χ3v) is 5.03. The van der Waals surface area contributed by atoms with Gasteiger partial charge >= 0.3 is 0 Å². The van der Waals surface area contributed by atoms with Crippen LogP contribution >= 0.6 is 0 Å². The van der Waals surface area contributed by atoms with Gasteiger partial charge in [-0.1, -0.05) is 103 Å². The lowest BCUT2D eigenvalue weighted by molar-refractivity contribution is -0.0281. The van der Waals surface area contributed by atoms with Gasteiger partial charge < -0.3 is 4.74 Å². The lowest BCUT2D eigenvalue weighted by atomic mass is 9.79. The number of unbranched alkanes of at least 4 members (excludes halogenated alkanes) is 1. The van der Waals surface area contributed by atoms with Crippen molar-refractivity contribution in [2.75, 3.05) is 0 Å². The minimum Gasteiger partial charge on any atom is -0.354 e. The number of rotatable bonds is 10. The molecule has 1 atom stereocenters. The molecule has 0 aromatic heterocycles. The predicted molar refractivity (Wildman–Crippen MR) is 118 cm³/mol. The van der Waals surface area contributed by atoms with Crippen molar-refractivity contribution in [3.05, 3.63) is 133 Å². The van der Waals surface area contributed by atoms with Crippen LogP contribution in [0.4, 0.5) is 0 Å². The maximum absolute atomic E-state index is 6.94. The van der Waals surface area contributed by atoms with Crippen LogP contribution in [-0.2, 0) is 10.3 Å². The van der Waals surface area contributed by atoms with E-state index in [9.17, 15) is 0 Å². The smallest absolute Gasteiger partial charge is 0.144 e. The summed E-state index contributed by atoms with van der Waals surface area (Å²) >= 11 is 0. The molecule has 3 aromatic carbocycles. The van der Waals surface area contributed by atoms with Gasteiger partial charge in [0.1, 0.15) is 5.60 Å². The van der Waals surface area contributed by atoms with Crippen molar-refractivity contribution in [1.82, 2.24) is 0 Å². The first-order valence-electron chi connectivity index (χ1n) is 9.89. The molecule has 1 nitrogen and oxygen atoms in total. The van der Waals surface area contributed by atoms with Crippen LogP contribution in [0.2, 0.25) is 0 Å². The fourth-order valence-electron chi connectivity index (χ4n) is 3.64. The molecule has 0 N–H and O–H groups in total. The molecule has 3 rings (SSSR count). The summed E-state index contributed by atoms with van der Waals surface area (Å²) in [5.74, 6) is 0. The maximum atomic E-state index is 6.94. The van der Waals surface area contributed by atoms with Crippen LogP contribution < -0.4 is 0 Å². The van der Waals surface area contributed by atoms with Crippen molar-refractivity contribution < 1.29 is 4.74 Å². The fraction of sp³-hybridized carbons (Fsp3) is 0.185. The van der Waals surface area contributed by atoms with E-state index in [1.807, 2.05) is 30.4 Å². The maximum Gasteiger partial charge on any atom is 0.144 e. The Hall–Kier alpha value is -2.90. The second kappa shape index (κ2) is 9.87. The van der Waals surface area contributed by atoms with Crippen molar-refractivity contribution in [3.8, 4) is 0 Å². The Morgan fingerprint density at radius 1 is 0.714 bits per heavy atom. The molecule has 0 amide bonds. The normalized spacial score (nSPS) is 12.3. The summed E-state index contributed by atoms with van der Waals surface area (Å²) < 4.78 is 6.94. The van der Waals surface area contributed by atoms with Crippen LogP contribution in [0.1, 0.15) is 36.0 Å². The quantitative estimate of drug-likeness (QED) is 0.215. The second-order valence-corrected chi connectivity index (χ2v) is 6.89. The molecule has 0 heterocycles. The molecule has 0 aliphatic heterocycles. The minimum absolute atomic E-state index is 0.0689. The van der Waals surface area contributed by atoms with Crippen molar-refractivity contribution in [3.63, 3.8) is 0 Å². The van der Waals surface area contributed by atoms with Crippen LogP contribution in [0.5, 0.6) is 0 Å². The molecule has 0 fully saturated rings. The number of hydrogen-bond acceptors (Lipinski definition) is 1. The molecule has 0 aliphatic carbocycles. The Balaban J connectivity index is 2.16. The van der Waals surface area contributed by atoms with Gasteiger partial charge in [-0.2, -0.15) is 0 Å². The van der Waals surface area contributed by atoms with E-state index < -0.39 is 5.60 Å². The van der Waals surface area contributed by atoms with Crippen LogP contribution in [-0.4, -0.2) is 6.10 Å². The SMILES string of the molecule is C=CCCCC(C=C)OC(c1ccccc1)(c1ccccc1)c1ccccc1. The van der Waals surface area contributed by atoms with Crippen LogP contribution in [0, 0.1) is 0 Å². The summed E-state index contributed by atoms with van der Waals surface area (Å²) in [5.41, 5.74) is 2.64. The zero-order chi connectivity index (χ0) is 19.7. The van der Waals surface area contributed by atoms with E-state index in [-0.39, 0.29) is 6.10 Å². The van der Waals surface area contributed by atoms with Crippen molar-refractivity contribution >= 4 is 0 Å². The monoisotopic (exact) mass is 368 g/mol. The predicted octanol–water partition coefficient (Wildman–Crippen LogP) is 6.91. The summed E-state index contributed by atoms with van der Waals surface area (Å²) in [6.07, 6.45) is 6.72. The Labute approximate surface area is 169 Å². The Morgan fingerprint density at radius 3 is 1.50 bits per heavy atom. The average molecular weight is 369 g/mol. The first-order valence-corrected chi connectivity index (χ1v) is 9.89. The molecule has 0 radical (unpaired) electrons. The van der Waals surface area contributed by atoms with Crippen molar-refractivity contribution in [2.45, 2.75) is 31.0 Å². The van der Waals surface area contributed by atoms with Gasteiger partial charge in [-0.15, -0.1) is 13.2 Å². The largest absolute Gasteiger partial charge is 0.354 e. The Kier molecular flexibility index (Phi) is 7.00. The van der Waals surface area contributed by atoms with Crippen LogP contribution in [0.15, 0.2) is 116 Å². The van der Waals surface area contributed by atoms with E-state index in [1.54, 1.807) is 0 Å². The van der Waals surface area contributed by atoms with E-state index in [1.165, 1.54) is 0 Å². The van der Waals surface area contributed by atoms with Crippen LogP contribution in [0.3, 0.4) is 0 Å². The van der Waals surface area contributed by atoms with Gasteiger partial charge in [0, 0.05) is 0 Å². The highest BCUT2D eigenvalue weighted by atomic mass is 16.5. The molecular formula is C27H28O. The number of benzene rings is 3. The van der Waals surface area contributed by atoms with Gasteiger partial charge in [0.15, 0.2) is 0 Å². The molecule has 0 saturated heterocycles. The van der Waals surface area contributed by atoms with E-state index in [4.69, 9.17) is 4.74 Å². The van der Waals surface area contributed by atoms with Gasteiger partial charge in [-0.05, 0) is 36.0 Å². The topological polar surface area (TPSA) is 9.23 Å². The van der Waals surface area contributed by atoms with Gasteiger partial charge in [0.25, 0.3) is 0 Å². The molecule has 0 saturated carbocycles. The summed E-state index contributed by atoms with van der Waals surface area (Å²) in [4.78, 5) is 0. The van der Waals surface area contributed by atoms with Crippen molar-refractivity contribution in [1.29, 1.82) is 0 Å². The molecule has 0 bridgehead atoms. The van der Waals surface area contributed by atoms with Crippen LogP contribution in [0.25, 0.3) is 0 Å². The molecule has 1 unspecified atom stereocenters. The third-order valence-electron chi connectivity index (χ3n) is 5.03. The fourth-order valence-corrected chi connectivity index (χ4v) is 3.64. The first kappa shape index (κ1) is 19.9. The van der Waals surface area contributed by atoms with E-state index >= 15 is 0 Å². The third kappa shape index (κ3) is 4.32. The van der Waals surface area contributed by atoms with E-state index in [0.717, 1.165) is 36.0 Å². The zero-order valence-corrected chi connectivity index (χ0v) is 16.3. The van der Waals surface area contributed by atoms with Gasteiger partial charge in [0.05, 0.1) is 6.10 Å². The second-order valence-electron chi connectivity index (χ2n) is 6.89. The Bertz CT molecular complexity index is 756. The van der Waals surface area contributed by atoms with E-state index in [0.29, 0.717) is 0 Å². The standard InChI is InChI=1S/C27H28O/c1-3-5-9-22-26(4-2)28-27(23-16-10-6-11-17-23,24-18-12-7-13-19-24)25-20-14-8-15-21-25/h3-4,6-8,10-21,26H,1-2,5,9,22H2. The summed E-state index contributed by atoms with van der Waals surface area (Å²) in [6, 6.07) is 31.4. The summed E-state index contributed by atoms with van der Waals surface area (Å²) in [6.45, 7) is 7.89. The lowest BCUT2D eigenvalue weighted by Gasteiger charge is -2.38. The number of ether oxygens (including phenoxy) is 1. The molecule has 0 spiro atoms. The van der Waals surface area contributed by atoms with Gasteiger partial charge in [-0.25, -0.2) is 0 Å². The molecule has 1 heteroatoms. The molecule has 142 valence electrons. The first-order chi connectivity index (χ1) is 13.8. The Morgan fingerprint density at radius 2 is 1.14 bits per heavy atom. The average Bonchev–Trinajstić information content (AvgIpc) is 2.78. The lowest BCUT2D eigenvalue weighted by Crippen LogP contribution is -2.36. The number of allylic oxidation sites excluding steroid dienone is 1. The molecule has 0 aliphatic rings. The van der Waals surface area contributed by atoms with Gasteiger partial charge in [0.2, 0.25) is 0 Å². The summed E-state index contributed by atoms with van der Waals surface area (Å²) in [5, 5.41) is 0. The molecular weight excluding hydrogens is 340 g/mol. The number of hydrogen-bond donors (Lipinski definition) is 0. The van der Waals surface area contributed by atoms with Gasteiger partial charge in [-0.3, -0.25) is 0 Å². The molecule has 28 heavy (non-hydrogen) atoms. The molecule has 3 aromatic rings. The highest BCUT2D eigenvalue weighted by Gasteiger charge is 2.39. The minimum atomic E-state index is -0.698. The highest BCUT2D eigenvalue weighted by Crippen LogP contribution is 2.41. The van der Waals surface area contributed by atoms with Crippen molar-refractivity contribution in [2.24, 2.45) is 0 Å².